The summed E-state index contributed by atoms with van der Waals surface area (Å²) in [6.07, 6.45) is 3.32. The fourth-order valence-corrected chi connectivity index (χ4v) is 2.32. The summed E-state index contributed by atoms with van der Waals surface area (Å²) in [6.45, 7) is 6.14. The van der Waals surface area contributed by atoms with E-state index >= 15 is 0 Å². The highest BCUT2D eigenvalue weighted by Crippen LogP contribution is 2.10. The molecule has 1 aromatic rings. The van der Waals surface area contributed by atoms with Crippen molar-refractivity contribution in [2.24, 2.45) is 0 Å². The minimum absolute atomic E-state index is 0.540. The molecule has 0 saturated carbocycles. The lowest BCUT2D eigenvalue weighted by Gasteiger charge is -2.12. The summed E-state index contributed by atoms with van der Waals surface area (Å²) in [5.41, 5.74) is 1.14. The zero-order chi connectivity index (χ0) is 11.8. The van der Waals surface area contributed by atoms with Gasteiger partial charge in [0.1, 0.15) is 0 Å². The fourth-order valence-electron chi connectivity index (χ4n) is 1.50. The summed E-state index contributed by atoms with van der Waals surface area (Å²) < 4.78 is 5.04. The number of hydrogen-bond acceptors (Lipinski definition) is 4. The Balaban J connectivity index is 2.03. The molecule has 3 nitrogen and oxygen atoms in total. The minimum Gasteiger partial charge on any atom is -0.385 e. The third-order valence-electron chi connectivity index (χ3n) is 2.48. The molecule has 0 saturated heterocycles. The quantitative estimate of drug-likeness (QED) is 0.711. The van der Waals surface area contributed by atoms with E-state index < -0.39 is 0 Å². The standard InChI is InChI=1S/C12H22N2OS/c1-10(6-8-15-3)13-7-4-5-12-14-11(2)9-16-12/h9-10,13H,4-8H2,1-3H3. The summed E-state index contributed by atoms with van der Waals surface area (Å²) in [5, 5.41) is 6.86. The zero-order valence-electron chi connectivity index (χ0n) is 10.5. The van der Waals surface area contributed by atoms with Crippen LogP contribution in [0.4, 0.5) is 0 Å². The Kier molecular flexibility index (Phi) is 6.61. The maximum absolute atomic E-state index is 5.04. The van der Waals surface area contributed by atoms with E-state index in [9.17, 15) is 0 Å². The fraction of sp³-hybridized carbons (Fsp3) is 0.750. The molecule has 0 aliphatic heterocycles. The Morgan fingerprint density at radius 3 is 3.00 bits per heavy atom. The zero-order valence-corrected chi connectivity index (χ0v) is 11.3. The van der Waals surface area contributed by atoms with Crippen LogP contribution < -0.4 is 5.32 Å². The maximum Gasteiger partial charge on any atom is 0.0928 e. The van der Waals surface area contributed by atoms with Crippen LogP contribution in [-0.4, -0.2) is 31.3 Å². The molecule has 4 heteroatoms. The van der Waals surface area contributed by atoms with Crippen molar-refractivity contribution >= 4 is 11.3 Å². The number of ether oxygens (including phenoxy) is 1. The van der Waals surface area contributed by atoms with Crippen LogP contribution in [0.15, 0.2) is 5.38 Å². The second kappa shape index (κ2) is 7.76. The van der Waals surface area contributed by atoms with Crippen LogP contribution in [0.1, 0.15) is 30.5 Å². The lowest BCUT2D eigenvalue weighted by Crippen LogP contribution is -2.28. The molecule has 1 unspecified atom stereocenters. The topological polar surface area (TPSA) is 34.1 Å². The molecule has 1 aromatic heterocycles. The minimum atomic E-state index is 0.540. The van der Waals surface area contributed by atoms with Crippen LogP contribution in [0.25, 0.3) is 0 Å². The van der Waals surface area contributed by atoms with E-state index in [1.807, 2.05) is 6.92 Å². The summed E-state index contributed by atoms with van der Waals surface area (Å²) in [4.78, 5) is 4.45. The predicted molar refractivity (Wildman–Crippen MR) is 69.1 cm³/mol. The summed E-state index contributed by atoms with van der Waals surface area (Å²) in [6, 6.07) is 0.540. The Labute approximate surface area is 102 Å². The molecule has 0 bridgehead atoms. The molecule has 1 N–H and O–H groups in total. The summed E-state index contributed by atoms with van der Waals surface area (Å²) >= 11 is 1.76. The van der Waals surface area contributed by atoms with Gasteiger partial charge in [0, 0.05) is 37.3 Å². The number of nitrogens with one attached hydrogen (secondary N) is 1. The smallest absolute Gasteiger partial charge is 0.0928 e. The van der Waals surface area contributed by atoms with E-state index in [-0.39, 0.29) is 0 Å². The van der Waals surface area contributed by atoms with E-state index in [4.69, 9.17) is 4.74 Å². The van der Waals surface area contributed by atoms with Crippen LogP contribution in [0.3, 0.4) is 0 Å². The Morgan fingerprint density at radius 1 is 1.56 bits per heavy atom. The van der Waals surface area contributed by atoms with Gasteiger partial charge in [-0.25, -0.2) is 4.98 Å². The van der Waals surface area contributed by atoms with Gasteiger partial charge in [-0.05, 0) is 33.2 Å². The van der Waals surface area contributed by atoms with Gasteiger partial charge in [0.25, 0.3) is 0 Å². The first kappa shape index (κ1) is 13.6. The molecule has 1 rings (SSSR count). The van der Waals surface area contributed by atoms with Crippen molar-refractivity contribution in [3.63, 3.8) is 0 Å². The maximum atomic E-state index is 5.04. The highest BCUT2D eigenvalue weighted by atomic mass is 32.1. The van der Waals surface area contributed by atoms with Gasteiger partial charge in [-0.3, -0.25) is 0 Å². The first-order valence-electron chi connectivity index (χ1n) is 5.85. The first-order chi connectivity index (χ1) is 7.72. The van der Waals surface area contributed by atoms with Crippen LogP contribution in [0, 0.1) is 6.92 Å². The molecule has 0 spiro atoms. The molecular formula is C12H22N2OS. The van der Waals surface area contributed by atoms with Crippen LogP contribution in [-0.2, 0) is 11.2 Å². The number of thiazole rings is 1. The Hall–Kier alpha value is -0.450. The molecule has 0 radical (unpaired) electrons. The molecule has 0 fully saturated rings. The average Bonchev–Trinajstić information content (AvgIpc) is 2.67. The molecule has 0 aliphatic carbocycles. The van der Waals surface area contributed by atoms with Crippen molar-refractivity contribution in [3.8, 4) is 0 Å². The van der Waals surface area contributed by atoms with Crippen molar-refractivity contribution in [1.29, 1.82) is 0 Å². The molecule has 0 amide bonds. The van der Waals surface area contributed by atoms with Crippen molar-refractivity contribution in [3.05, 3.63) is 16.1 Å². The van der Waals surface area contributed by atoms with Gasteiger partial charge in [0.15, 0.2) is 0 Å². The molecule has 0 aromatic carbocycles. The van der Waals surface area contributed by atoms with Gasteiger partial charge in [-0.15, -0.1) is 11.3 Å². The van der Waals surface area contributed by atoms with Gasteiger partial charge in [-0.2, -0.15) is 0 Å². The molecule has 92 valence electrons. The second-order valence-corrected chi connectivity index (χ2v) is 5.07. The van der Waals surface area contributed by atoms with Crippen molar-refractivity contribution in [1.82, 2.24) is 10.3 Å². The van der Waals surface area contributed by atoms with Crippen molar-refractivity contribution in [2.75, 3.05) is 20.3 Å². The number of aryl methyl sites for hydroxylation is 2. The van der Waals surface area contributed by atoms with E-state index in [0.717, 1.165) is 38.1 Å². The average molecular weight is 242 g/mol. The van der Waals surface area contributed by atoms with Crippen LogP contribution in [0.2, 0.25) is 0 Å². The van der Waals surface area contributed by atoms with E-state index in [1.165, 1.54) is 5.01 Å². The second-order valence-electron chi connectivity index (χ2n) is 4.12. The van der Waals surface area contributed by atoms with Gasteiger partial charge in [-0.1, -0.05) is 0 Å². The monoisotopic (exact) mass is 242 g/mol. The lowest BCUT2D eigenvalue weighted by atomic mass is 10.2. The normalized spacial score (nSPS) is 12.9. The van der Waals surface area contributed by atoms with Crippen LogP contribution >= 0.6 is 11.3 Å². The van der Waals surface area contributed by atoms with Crippen LogP contribution in [0.5, 0.6) is 0 Å². The van der Waals surface area contributed by atoms with Gasteiger partial charge in [0.2, 0.25) is 0 Å². The third kappa shape index (κ3) is 5.58. The molecule has 1 heterocycles. The van der Waals surface area contributed by atoms with Gasteiger partial charge >= 0.3 is 0 Å². The van der Waals surface area contributed by atoms with Gasteiger partial charge < -0.3 is 10.1 Å². The molecule has 0 aliphatic rings. The molecular weight excluding hydrogens is 220 g/mol. The number of aromatic nitrogens is 1. The van der Waals surface area contributed by atoms with E-state index in [0.29, 0.717) is 6.04 Å². The predicted octanol–water partition coefficient (Wildman–Crippen LogP) is 2.40. The third-order valence-corrected chi connectivity index (χ3v) is 3.51. The number of rotatable bonds is 8. The van der Waals surface area contributed by atoms with Crippen molar-refractivity contribution < 1.29 is 4.74 Å². The first-order valence-corrected chi connectivity index (χ1v) is 6.73. The molecule has 16 heavy (non-hydrogen) atoms. The van der Waals surface area contributed by atoms with E-state index in [1.54, 1.807) is 18.4 Å². The Morgan fingerprint density at radius 2 is 2.38 bits per heavy atom. The number of methoxy groups -OCH3 is 1. The summed E-state index contributed by atoms with van der Waals surface area (Å²) in [7, 11) is 1.75. The SMILES string of the molecule is COCCC(C)NCCCc1nc(C)cs1. The van der Waals surface area contributed by atoms with Gasteiger partial charge in [0.05, 0.1) is 5.01 Å². The largest absolute Gasteiger partial charge is 0.385 e. The molecule has 1 atom stereocenters. The van der Waals surface area contributed by atoms with E-state index in [2.05, 4.69) is 22.6 Å². The summed E-state index contributed by atoms with van der Waals surface area (Å²) in [5.74, 6) is 0. The highest BCUT2D eigenvalue weighted by Gasteiger charge is 2.01. The number of hydrogen-bond donors (Lipinski definition) is 1. The lowest BCUT2D eigenvalue weighted by molar-refractivity contribution is 0.185. The number of nitrogens with zero attached hydrogens (tertiary/aromatic N) is 1. The van der Waals surface area contributed by atoms with Crippen molar-refractivity contribution in [2.45, 2.75) is 39.2 Å². The highest BCUT2D eigenvalue weighted by molar-refractivity contribution is 7.09. The Bertz CT molecular complexity index is 288.